The fraction of sp³-hybridized carbons (Fsp3) is 0.407. The molecule has 2 unspecified atom stereocenters. The Bertz CT molecular complexity index is 1150. The van der Waals surface area contributed by atoms with Gasteiger partial charge in [-0.15, -0.1) is 0 Å². The molecule has 2 atom stereocenters. The largest absolute Gasteiger partial charge is 0.496 e. The molecule has 2 aromatic heterocycles. The van der Waals surface area contributed by atoms with Gasteiger partial charge in [-0.3, -0.25) is 4.79 Å². The van der Waals surface area contributed by atoms with Crippen LogP contribution in [0.15, 0.2) is 48.9 Å². The summed E-state index contributed by atoms with van der Waals surface area (Å²) in [6.45, 7) is 6.07. The van der Waals surface area contributed by atoms with Crippen LogP contribution in [-0.4, -0.2) is 48.1 Å². The Morgan fingerprint density at radius 2 is 1.89 bits per heavy atom. The first kappa shape index (κ1) is 24.4. The smallest absolute Gasteiger partial charge is 0.251 e. The first-order chi connectivity index (χ1) is 17.0. The van der Waals surface area contributed by atoms with Gasteiger partial charge in [0.1, 0.15) is 23.7 Å². The van der Waals surface area contributed by atoms with Gasteiger partial charge in [-0.1, -0.05) is 19.9 Å². The van der Waals surface area contributed by atoms with Gasteiger partial charge in [-0.2, -0.15) is 0 Å². The fourth-order valence-electron chi connectivity index (χ4n) is 3.95. The monoisotopic (exact) mass is 474 g/mol. The van der Waals surface area contributed by atoms with Crippen LogP contribution in [0.5, 0.6) is 5.75 Å². The van der Waals surface area contributed by atoms with Crippen LogP contribution < -0.4 is 20.7 Å². The van der Waals surface area contributed by atoms with Crippen LogP contribution >= 0.6 is 0 Å². The molecule has 1 fully saturated rings. The fourth-order valence-corrected chi connectivity index (χ4v) is 3.95. The summed E-state index contributed by atoms with van der Waals surface area (Å²) in [4.78, 5) is 25.3. The second-order valence-corrected chi connectivity index (χ2v) is 9.23. The zero-order valence-electron chi connectivity index (χ0n) is 20.8. The summed E-state index contributed by atoms with van der Waals surface area (Å²) in [5, 5.41) is 9.48. The highest BCUT2D eigenvalue weighted by Crippen LogP contribution is 2.33. The van der Waals surface area contributed by atoms with Gasteiger partial charge in [0, 0.05) is 43.5 Å². The Morgan fingerprint density at radius 3 is 2.57 bits per heavy atom. The van der Waals surface area contributed by atoms with Crippen LogP contribution in [0.1, 0.15) is 48.5 Å². The van der Waals surface area contributed by atoms with E-state index in [-0.39, 0.29) is 17.7 Å². The van der Waals surface area contributed by atoms with Gasteiger partial charge in [-0.05, 0) is 60.4 Å². The van der Waals surface area contributed by atoms with Gasteiger partial charge in [0.2, 0.25) is 0 Å². The van der Waals surface area contributed by atoms with E-state index in [4.69, 9.17) is 4.74 Å². The molecule has 1 aliphatic carbocycles. The van der Waals surface area contributed by atoms with Crippen molar-refractivity contribution in [1.29, 1.82) is 0 Å². The lowest BCUT2D eigenvalue weighted by Gasteiger charge is -2.23. The number of nitrogens with one attached hydrogen (secondary N) is 3. The molecule has 1 saturated carbocycles. The third kappa shape index (κ3) is 6.26. The Morgan fingerprint density at radius 1 is 1.06 bits per heavy atom. The second-order valence-electron chi connectivity index (χ2n) is 9.23. The lowest BCUT2D eigenvalue weighted by Crippen LogP contribution is -2.20. The number of methoxy groups -OCH3 is 1. The Kier molecular flexibility index (Phi) is 7.80. The Hall–Kier alpha value is -3.68. The van der Waals surface area contributed by atoms with Crippen LogP contribution in [-0.2, 0) is 0 Å². The first-order valence-electron chi connectivity index (χ1n) is 12.1. The summed E-state index contributed by atoms with van der Waals surface area (Å²) in [6, 6.07) is 11.6. The number of anilines is 2. The first-order valence-corrected chi connectivity index (χ1v) is 12.1. The van der Waals surface area contributed by atoms with Gasteiger partial charge in [0.05, 0.1) is 12.8 Å². The highest BCUT2D eigenvalue weighted by atomic mass is 16.5. The van der Waals surface area contributed by atoms with E-state index in [9.17, 15) is 4.79 Å². The second kappa shape index (κ2) is 11.2. The molecule has 35 heavy (non-hydrogen) atoms. The number of ether oxygens (including phenoxy) is 1. The van der Waals surface area contributed by atoms with Crippen molar-refractivity contribution in [1.82, 2.24) is 20.3 Å². The van der Waals surface area contributed by atoms with E-state index in [0.717, 1.165) is 53.2 Å². The van der Waals surface area contributed by atoms with Crippen molar-refractivity contribution in [2.45, 2.75) is 32.6 Å². The number of carbonyl (C=O) groups is 1. The number of benzene rings is 1. The summed E-state index contributed by atoms with van der Waals surface area (Å²) in [6.07, 6.45) is 6.06. The molecule has 1 aliphatic rings. The van der Waals surface area contributed by atoms with Gasteiger partial charge in [-0.25, -0.2) is 15.0 Å². The molecule has 0 spiro atoms. The molecule has 8 nitrogen and oxygen atoms in total. The third-order valence-corrected chi connectivity index (χ3v) is 6.67. The standard InChI is InChI=1S/C27H34N6O2/c1-17(18(2)22-9-7-20(27(34)28-3)11-24(22)35-4)13-29-26-12-23(32-16-33-26)21-8-10-25(31-15-21)30-14-19-5-6-19/h7-12,15-19H,5-6,13-14H2,1-4H3,(H,28,34)(H,30,31)(H,29,32,33). The Labute approximate surface area is 207 Å². The molecule has 0 bridgehead atoms. The van der Waals surface area contributed by atoms with E-state index in [1.165, 1.54) is 12.8 Å². The molecule has 1 amide bonds. The van der Waals surface area contributed by atoms with E-state index >= 15 is 0 Å². The molecule has 8 heteroatoms. The number of hydrogen-bond acceptors (Lipinski definition) is 7. The van der Waals surface area contributed by atoms with E-state index in [1.54, 1.807) is 26.6 Å². The lowest BCUT2D eigenvalue weighted by molar-refractivity contribution is 0.0962. The number of amides is 1. The van der Waals surface area contributed by atoms with Crippen molar-refractivity contribution in [2.75, 3.05) is 37.9 Å². The minimum atomic E-state index is -0.129. The van der Waals surface area contributed by atoms with Crippen LogP contribution in [0.2, 0.25) is 0 Å². The quantitative estimate of drug-likeness (QED) is 0.374. The van der Waals surface area contributed by atoms with E-state index in [2.05, 4.69) is 44.7 Å². The summed E-state index contributed by atoms with van der Waals surface area (Å²) in [7, 11) is 3.26. The van der Waals surface area contributed by atoms with E-state index < -0.39 is 0 Å². The van der Waals surface area contributed by atoms with Gasteiger partial charge < -0.3 is 20.7 Å². The molecule has 184 valence electrons. The average molecular weight is 475 g/mol. The molecule has 3 aromatic rings. The van der Waals surface area contributed by atoms with E-state index in [1.807, 2.05) is 36.5 Å². The molecule has 4 rings (SSSR count). The number of hydrogen-bond donors (Lipinski definition) is 3. The summed E-state index contributed by atoms with van der Waals surface area (Å²) >= 11 is 0. The van der Waals surface area contributed by atoms with Crippen molar-refractivity contribution in [3.63, 3.8) is 0 Å². The highest BCUT2D eigenvalue weighted by Gasteiger charge is 2.21. The molecule has 1 aromatic carbocycles. The number of carbonyl (C=O) groups excluding carboxylic acids is 1. The van der Waals surface area contributed by atoms with Crippen LogP contribution in [0.4, 0.5) is 11.6 Å². The van der Waals surface area contributed by atoms with Gasteiger partial charge in [0.15, 0.2) is 0 Å². The zero-order valence-corrected chi connectivity index (χ0v) is 20.8. The average Bonchev–Trinajstić information content (AvgIpc) is 3.74. The van der Waals surface area contributed by atoms with E-state index in [0.29, 0.717) is 5.56 Å². The van der Waals surface area contributed by atoms with Crippen LogP contribution in [0.3, 0.4) is 0 Å². The Balaban J connectivity index is 1.38. The maximum absolute atomic E-state index is 12.0. The number of nitrogens with zero attached hydrogens (tertiary/aromatic N) is 3. The summed E-state index contributed by atoms with van der Waals surface area (Å²) in [5.41, 5.74) is 3.44. The minimum Gasteiger partial charge on any atom is -0.496 e. The topological polar surface area (TPSA) is 101 Å². The maximum Gasteiger partial charge on any atom is 0.251 e. The maximum atomic E-state index is 12.0. The van der Waals surface area contributed by atoms with Crippen LogP contribution in [0, 0.1) is 11.8 Å². The van der Waals surface area contributed by atoms with Gasteiger partial charge in [0.25, 0.3) is 5.91 Å². The molecular formula is C27H34N6O2. The molecular weight excluding hydrogens is 440 g/mol. The minimum absolute atomic E-state index is 0.129. The van der Waals surface area contributed by atoms with Crippen molar-refractivity contribution in [3.05, 3.63) is 60.0 Å². The molecule has 2 heterocycles. The zero-order chi connectivity index (χ0) is 24.8. The number of aromatic nitrogens is 3. The number of rotatable bonds is 11. The van der Waals surface area contributed by atoms with Crippen molar-refractivity contribution < 1.29 is 9.53 Å². The lowest BCUT2D eigenvalue weighted by atomic mass is 9.87. The number of pyridine rings is 1. The van der Waals surface area contributed by atoms with Crippen molar-refractivity contribution in [2.24, 2.45) is 11.8 Å². The summed E-state index contributed by atoms with van der Waals surface area (Å²) < 4.78 is 5.59. The normalized spacial score (nSPS) is 14.6. The van der Waals surface area contributed by atoms with Crippen LogP contribution in [0.25, 0.3) is 11.3 Å². The SMILES string of the molecule is CNC(=O)c1ccc(C(C)C(C)CNc2cc(-c3ccc(NCC4CC4)nc3)ncn2)c(OC)c1. The highest BCUT2D eigenvalue weighted by molar-refractivity contribution is 5.94. The predicted octanol–water partition coefficient (Wildman–Crippen LogP) is 4.58. The molecule has 0 radical (unpaired) electrons. The predicted molar refractivity (Wildman–Crippen MR) is 139 cm³/mol. The summed E-state index contributed by atoms with van der Waals surface area (Å²) in [5.74, 6) is 3.55. The van der Waals surface area contributed by atoms with Crippen molar-refractivity contribution >= 4 is 17.5 Å². The van der Waals surface area contributed by atoms with Crippen molar-refractivity contribution in [3.8, 4) is 17.0 Å². The third-order valence-electron chi connectivity index (χ3n) is 6.67. The molecule has 0 saturated heterocycles. The van der Waals surface area contributed by atoms with Gasteiger partial charge >= 0.3 is 0 Å². The molecule has 0 aliphatic heterocycles. The molecule has 3 N–H and O–H groups in total.